The molecule has 8 heteroatoms. The van der Waals surface area contributed by atoms with Gasteiger partial charge in [0, 0.05) is 5.25 Å². The maximum Gasteiger partial charge on any atom is 0.354 e. The van der Waals surface area contributed by atoms with Gasteiger partial charge in [-0.25, -0.2) is 4.79 Å². The molecule has 0 unspecified atom stereocenters. The zero-order chi connectivity index (χ0) is 22.7. The topological polar surface area (TPSA) is 66.8 Å². The van der Waals surface area contributed by atoms with E-state index in [0.717, 1.165) is 17.1 Å². The summed E-state index contributed by atoms with van der Waals surface area (Å²) in [5, 5.41) is 10.1. The van der Waals surface area contributed by atoms with E-state index in [1.54, 1.807) is 23.5 Å². The molecule has 31 heavy (non-hydrogen) atoms. The van der Waals surface area contributed by atoms with Gasteiger partial charge in [-0.1, -0.05) is 56.8 Å². The molecule has 2 heterocycles. The normalized spacial score (nSPS) is 25.5. The number of carboxylic acid groups (broad SMARTS) is 1. The SMILES string of the molecule is C[SiH](C)O[C@@](C)([C@@H]1C(=O)N2C(C(=O)O)=C(SC3Cc4ccccc4C3)S[C@H]12)C(C)(C)C. The second-order valence-electron chi connectivity index (χ2n) is 10.1. The van der Waals surface area contributed by atoms with E-state index in [1.165, 1.54) is 16.0 Å². The quantitative estimate of drug-likeness (QED) is 0.481. The number of β-lactam (4-membered cyclic amide) rings is 1. The molecule has 0 spiro atoms. The molecule has 1 aliphatic carbocycles. The number of carboxylic acids is 1. The van der Waals surface area contributed by atoms with Gasteiger partial charge in [0.2, 0.25) is 5.91 Å². The van der Waals surface area contributed by atoms with Gasteiger partial charge in [-0.2, -0.15) is 0 Å². The molecule has 0 aromatic heterocycles. The lowest BCUT2D eigenvalue weighted by Gasteiger charge is -2.56. The zero-order valence-electron chi connectivity index (χ0n) is 19.0. The first-order valence-corrected chi connectivity index (χ1v) is 15.4. The van der Waals surface area contributed by atoms with Gasteiger partial charge < -0.3 is 9.53 Å². The van der Waals surface area contributed by atoms with Gasteiger partial charge >= 0.3 is 5.97 Å². The van der Waals surface area contributed by atoms with Crippen LogP contribution in [0, 0.1) is 11.3 Å². The van der Waals surface area contributed by atoms with Crippen molar-refractivity contribution in [2.45, 2.75) is 69.9 Å². The third kappa shape index (κ3) is 3.79. The van der Waals surface area contributed by atoms with Crippen LogP contribution in [0.25, 0.3) is 0 Å². The number of benzene rings is 1. The van der Waals surface area contributed by atoms with Crippen LogP contribution >= 0.6 is 23.5 Å². The number of hydrogen-bond acceptors (Lipinski definition) is 5. The first-order valence-electron chi connectivity index (χ1n) is 10.8. The van der Waals surface area contributed by atoms with Gasteiger partial charge in [0.25, 0.3) is 0 Å². The lowest BCUT2D eigenvalue weighted by molar-refractivity contribution is -0.173. The van der Waals surface area contributed by atoms with E-state index >= 15 is 0 Å². The Morgan fingerprint density at radius 3 is 2.26 bits per heavy atom. The van der Waals surface area contributed by atoms with Crippen molar-refractivity contribution < 1.29 is 19.1 Å². The molecule has 1 amide bonds. The highest BCUT2D eigenvalue weighted by Crippen LogP contribution is 2.59. The van der Waals surface area contributed by atoms with Crippen LogP contribution in [0.2, 0.25) is 13.1 Å². The maximum absolute atomic E-state index is 13.3. The first-order chi connectivity index (χ1) is 14.4. The van der Waals surface area contributed by atoms with Gasteiger partial charge in [-0.05, 0) is 49.4 Å². The largest absolute Gasteiger partial charge is 0.477 e. The van der Waals surface area contributed by atoms with Crippen molar-refractivity contribution in [1.82, 2.24) is 4.90 Å². The molecule has 2 aliphatic heterocycles. The Bertz CT molecular complexity index is 932. The highest BCUT2D eigenvalue weighted by Gasteiger charge is 2.65. The molecule has 5 nitrogen and oxygen atoms in total. The number of amides is 1. The van der Waals surface area contributed by atoms with E-state index in [0.29, 0.717) is 5.25 Å². The average molecular weight is 478 g/mol. The molecule has 168 valence electrons. The van der Waals surface area contributed by atoms with Crippen LogP contribution in [0.4, 0.5) is 0 Å². The minimum absolute atomic E-state index is 0.118. The monoisotopic (exact) mass is 477 g/mol. The third-order valence-corrected chi connectivity index (χ3v) is 10.5. The van der Waals surface area contributed by atoms with E-state index in [4.69, 9.17) is 4.43 Å². The summed E-state index contributed by atoms with van der Waals surface area (Å²) in [5.41, 5.74) is 1.96. The molecule has 1 saturated heterocycles. The number of carbonyl (C=O) groups excluding carboxylic acids is 1. The summed E-state index contributed by atoms with van der Waals surface area (Å²) in [7, 11) is -1.42. The number of nitrogens with zero attached hydrogens (tertiary/aromatic N) is 1. The van der Waals surface area contributed by atoms with Gasteiger partial charge in [-0.15, -0.1) is 11.8 Å². The molecule has 1 fully saturated rings. The lowest BCUT2D eigenvalue weighted by atomic mass is 9.66. The summed E-state index contributed by atoms with van der Waals surface area (Å²) in [6.45, 7) is 12.6. The molecule has 3 atom stereocenters. The predicted molar refractivity (Wildman–Crippen MR) is 129 cm³/mol. The Hall–Kier alpha value is -1.22. The second kappa shape index (κ2) is 7.97. The van der Waals surface area contributed by atoms with E-state index in [2.05, 4.69) is 58.1 Å². The third-order valence-electron chi connectivity index (χ3n) is 6.76. The standard InChI is InChI=1S/C23H31NO4S2Si/c1-22(2,3)23(4,28-31(5)6)16-18(25)24-17(20(26)27)21(30-19(16)24)29-15-11-13-9-7-8-10-14(13)12-15/h7-10,15-16,19,31H,11-12H2,1-6H3,(H,26,27)/t16-,19-,23+/m1/s1. The molecule has 1 N–H and O–H groups in total. The van der Waals surface area contributed by atoms with Crippen LogP contribution in [-0.2, 0) is 26.9 Å². The fourth-order valence-corrected chi connectivity index (χ4v) is 9.70. The number of aliphatic carboxylic acids is 1. The summed E-state index contributed by atoms with van der Waals surface area (Å²) in [6, 6.07) is 8.41. The minimum atomic E-state index is -1.42. The molecule has 1 aromatic rings. The van der Waals surface area contributed by atoms with E-state index < -0.39 is 20.6 Å². The Kier molecular flexibility index (Phi) is 5.90. The number of rotatable bonds is 6. The first kappa shape index (κ1) is 23.0. The Labute approximate surface area is 194 Å². The van der Waals surface area contributed by atoms with E-state index in [-0.39, 0.29) is 28.3 Å². The van der Waals surface area contributed by atoms with Crippen molar-refractivity contribution in [3.63, 3.8) is 0 Å². The van der Waals surface area contributed by atoms with Crippen LogP contribution in [0.5, 0.6) is 0 Å². The fraction of sp³-hybridized carbons (Fsp3) is 0.565. The smallest absolute Gasteiger partial charge is 0.354 e. The van der Waals surface area contributed by atoms with Gasteiger partial charge in [0.15, 0.2) is 14.7 Å². The van der Waals surface area contributed by atoms with E-state index in [1.807, 2.05) is 6.92 Å². The number of carbonyl (C=O) groups is 2. The number of thioether (sulfide) groups is 2. The summed E-state index contributed by atoms with van der Waals surface area (Å²) >= 11 is 3.17. The zero-order valence-corrected chi connectivity index (χ0v) is 21.8. The maximum atomic E-state index is 13.3. The number of hydrogen-bond donors (Lipinski definition) is 1. The van der Waals surface area contributed by atoms with Crippen LogP contribution in [0.1, 0.15) is 38.8 Å². The van der Waals surface area contributed by atoms with E-state index in [9.17, 15) is 14.7 Å². The molecule has 3 aliphatic rings. The molecule has 0 radical (unpaired) electrons. The Morgan fingerprint density at radius 2 is 1.77 bits per heavy atom. The molecular weight excluding hydrogens is 446 g/mol. The molecule has 4 rings (SSSR count). The molecule has 1 aromatic carbocycles. The van der Waals surface area contributed by atoms with Crippen LogP contribution in [0.3, 0.4) is 0 Å². The lowest BCUT2D eigenvalue weighted by Crippen LogP contribution is -2.69. The summed E-state index contributed by atoms with van der Waals surface area (Å²) < 4.78 is 7.26. The van der Waals surface area contributed by atoms with Crippen molar-refractivity contribution in [3.05, 3.63) is 45.3 Å². The van der Waals surface area contributed by atoms with Crippen LogP contribution < -0.4 is 0 Å². The van der Waals surface area contributed by atoms with Gasteiger partial charge in [0.1, 0.15) is 5.37 Å². The summed E-state index contributed by atoms with van der Waals surface area (Å²) in [6.07, 6.45) is 1.86. The minimum Gasteiger partial charge on any atom is -0.477 e. The molecule has 0 saturated carbocycles. The van der Waals surface area contributed by atoms with Crippen molar-refractivity contribution >= 4 is 44.4 Å². The fourth-order valence-electron chi connectivity index (χ4n) is 4.83. The predicted octanol–water partition coefficient (Wildman–Crippen LogP) is 4.48. The van der Waals surface area contributed by atoms with Gasteiger partial charge in [0.05, 0.1) is 15.8 Å². The highest BCUT2D eigenvalue weighted by molar-refractivity contribution is 8.23. The van der Waals surface area contributed by atoms with Crippen LogP contribution in [0.15, 0.2) is 34.2 Å². The van der Waals surface area contributed by atoms with Gasteiger partial charge in [-0.3, -0.25) is 9.69 Å². The Balaban J connectivity index is 1.59. The average Bonchev–Trinajstić information content (AvgIpc) is 3.19. The highest BCUT2D eigenvalue weighted by atomic mass is 32.2. The van der Waals surface area contributed by atoms with Crippen molar-refractivity contribution in [2.24, 2.45) is 11.3 Å². The number of fused-ring (bicyclic) bond motifs is 2. The second-order valence-corrected chi connectivity index (χ2v) is 15.1. The Morgan fingerprint density at radius 1 is 1.19 bits per heavy atom. The van der Waals surface area contributed by atoms with Crippen molar-refractivity contribution in [1.29, 1.82) is 0 Å². The van der Waals surface area contributed by atoms with Crippen molar-refractivity contribution in [2.75, 3.05) is 0 Å². The molecular formula is C23H31NO4S2Si. The van der Waals surface area contributed by atoms with Crippen molar-refractivity contribution in [3.8, 4) is 0 Å². The summed E-state index contributed by atoms with van der Waals surface area (Å²) in [4.78, 5) is 27.0. The summed E-state index contributed by atoms with van der Waals surface area (Å²) in [5.74, 6) is -1.48. The van der Waals surface area contributed by atoms with Crippen LogP contribution in [-0.4, -0.2) is 47.1 Å². The molecule has 0 bridgehead atoms.